The monoisotopic (exact) mass is 418 g/mol. The Bertz CT molecular complexity index is 1020. The van der Waals surface area contributed by atoms with Gasteiger partial charge in [-0.2, -0.15) is 0 Å². The number of esters is 1. The summed E-state index contributed by atoms with van der Waals surface area (Å²) in [5.41, 5.74) is 0.964. The molecule has 3 aromatic carbocycles. The standard InChI is InChI=1S/C24H22N2O5/c1-17(23(28)26-19-8-4-2-5-9-19)30-22(27)16-25-24(29)18-12-14-21(15-13-18)31-20-10-6-3-7-11-20/h2-15,17H,16H2,1H3,(H,25,29)(H,26,28). The fourth-order valence-corrected chi connectivity index (χ4v) is 2.61. The highest BCUT2D eigenvalue weighted by Gasteiger charge is 2.18. The molecule has 0 aliphatic heterocycles. The van der Waals surface area contributed by atoms with E-state index in [4.69, 9.17) is 9.47 Å². The SMILES string of the molecule is CC(OC(=O)CNC(=O)c1ccc(Oc2ccccc2)cc1)C(=O)Nc1ccccc1. The van der Waals surface area contributed by atoms with Crippen molar-refractivity contribution in [2.24, 2.45) is 0 Å². The number of carbonyl (C=O) groups is 3. The summed E-state index contributed by atoms with van der Waals surface area (Å²) < 4.78 is 10.7. The van der Waals surface area contributed by atoms with Gasteiger partial charge in [0, 0.05) is 11.3 Å². The average molecular weight is 418 g/mol. The summed E-state index contributed by atoms with van der Waals surface area (Å²) >= 11 is 0. The van der Waals surface area contributed by atoms with Gasteiger partial charge < -0.3 is 20.1 Å². The number of anilines is 1. The Balaban J connectivity index is 1.44. The number of benzene rings is 3. The van der Waals surface area contributed by atoms with Gasteiger partial charge in [-0.05, 0) is 55.5 Å². The largest absolute Gasteiger partial charge is 0.457 e. The van der Waals surface area contributed by atoms with Crippen LogP contribution in [0.2, 0.25) is 0 Å². The highest BCUT2D eigenvalue weighted by atomic mass is 16.5. The van der Waals surface area contributed by atoms with Crippen molar-refractivity contribution < 1.29 is 23.9 Å². The van der Waals surface area contributed by atoms with Crippen LogP contribution in [0, 0.1) is 0 Å². The molecule has 7 heteroatoms. The smallest absolute Gasteiger partial charge is 0.326 e. The molecule has 0 saturated heterocycles. The van der Waals surface area contributed by atoms with Crippen molar-refractivity contribution >= 4 is 23.5 Å². The van der Waals surface area contributed by atoms with E-state index in [1.54, 1.807) is 48.5 Å². The van der Waals surface area contributed by atoms with Crippen LogP contribution in [-0.2, 0) is 14.3 Å². The summed E-state index contributed by atoms with van der Waals surface area (Å²) in [6.45, 7) is 1.10. The Morgan fingerprint density at radius 3 is 2.03 bits per heavy atom. The molecular formula is C24H22N2O5. The maximum absolute atomic E-state index is 12.2. The zero-order chi connectivity index (χ0) is 22.1. The summed E-state index contributed by atoms with van der Waals surface area (Å²) in [4.78, 5) is 36.3. The normalized spacial score (nSPS) is 11.1. The van der Waals surface area contributed by atoms with Crippen molar-refractivity contribution in [2.75, 3.05) is 11.9 Å². The minimum Gasteiger partial charge on any atom is -0.457 e. The summed E-state index contributed by atoms with van der Waals surface area (Å²) in [5, 5.41) is 5.12. The fraction of sp³-hybridized carbons (Fsp3) is 0.125. The molecule has 31 heavy (non-hydrogen) atoms. The maximum Gasteiger partial charge on any atom is 0.326 e. The second-order valence-corrected chi connectivity index (χ2v) is 6.61. The third-order valence-corrected chi connectivity index (χ3v) is 4.21. The van der Waals surface area contributed by atoms with Gasteiger partial charge in [-0.3, -0.25) is 14.4 Å². The van der Waals surface area contributed by atoms with Crippen molar-refractivity contribution in [1.82, 2.24) is 5.32 Å². The van der Waals surface area contributed by atoms with Gasteiger partial charge in [0.2, 0.25) is 0 Å². The van der Waals surface area contributed by atoms with Crippen LogP contribution >= 0.6 is 0 Å². The molecule has 2 amide bonds. The molecule has 0 aromatic heterocycles. The van der Waals surface area contributed by atoms with Gasteiger partial charge in [-0.15, -0.1) is 0 Å². The lowest BCUT2D eigenvalue weighted by atomic mass is 10.2. The molecular weight excluding hydrogens is 396 g/mol. The van der Waals surface area contributed by atoms with Gasteiger partial charge in [-0.1, -0.05) is 36.4 Å². The molecule has 0 aliphatic rings. The zero-order valence-corrected chi connectivity index (χ0v) is 16.9. The molecule has 0 bridgehead atoms. The molecule has 0 aliphatic carbocycles. The van der Waals surface area contributed by atoms with E-state index in [1.807, 2.05) is 36.4 Å². The first-order valence-electron chi connectivity index (χ1n) is 9.68. The molecule has 0 heterocycles. The lowest BCUT2D eigenvalue weighted by molar-refractivity contribution is -0.152. The summed E-state index contributed by atoms with van der Waals surface area (Å²) in [6.07, 6.45) is -1.00. The van der Waals surface area contributed by atoms with E-state index >= 15 is 0 Å². The number of hydrogen-bond acceptors (Lipinski definition) is 5. The topological polar surface area (TPSA) is 93.7 Å². The third-order valence-electron chi connectivity index (χ3n) is 4.21. The van der Waals surface area contributed by atoms with E-state index in [2.05, 4.69) is 10.6 Å². The van der Waals surface area contributed by atoms with E-state index < -0.39 is 23.9 Å². The van der Waals surface area contributed by atoms with Crippen molar-refractivity contribution in [3.63, 3.8) is 0 Å². The van der Waals surface area contributed by atoms with E-state index in [1.165, 1.54) is 6.92 Å². The maximum atomic E-state index is 12.2. The predicted molar refractivity (Wildman–Crippen MR) is 116 cm³/mol. The average Bonchev–Trinajstić information content (AvgIpc) is 2.79. The third kappa shape index (κ3) is 6.71. The van der Waals surface area contributed by atoms with Crippen LogP contribution in [0.25, 0.3) is 0 Å². The molecule has 1 unspecified atom stereocenters. The number of ether oxygens (including phenoxy) is 2. The Kier molecular flexibility index (Phi) is 7.37. The highest BCUT2D eigenvalue weighted by Crippen LogP contribution is 2.21. The number of carbonyl (C=O) groups excluding carboxylic acids is 3. The molecule has 1 atom stereocenters. The van der Waals surface area contributed by atoms with Gasteiger partial charge >= 0.3 is 5.97 Å². The van der Waals surface area contributed by atoms with E-state index in [9.17, 15) is 14.4 Å². The second-order valence-electron chi connectivity index (χ2n) is 6.61. The Morgan fingerprint density at radius 1 is 0.806 bits per heavy atom. The van der Waals surface area contributed by atoms with Gasteiger partial charge in [0.05, 0.1) is 0 Å². The molecule has 0 spiro atoms. The van der Waals surface area contributed by atoms with Gasteiger partial charge in [0.25, 0.3) is 11.8 Å². The number of amides is 2. The van der Waals surface area contributed by atoms with Crippen LogP contribution in [-0.4, -0.2) is 30.4 Å². The quantitative estimate of drug-likeness (QED) is 0.543. The Labute approximate surface area is 180 Å². The molecule has 3 aromatic rings. The van der Waals surface area contributed by atoms with E-state index in [-0.39, 0.29) is 6.54 Å². The van der Waals surface area contributed by atoms with Crippen molar-refractivity contribution in [3.05, 3.63) is 90.5 Å². The zero-order valence-electron chi connectivity index (χ0n) is 16.9. The second kappa shape index (κ2) is 10.6. The first-order chi connectivity index (χ1) is 15.0. The Hall–Kier alpha value is -4.13. The summed E-state index contributed by atoms with van der Waals surface area (Å²) in [5.74, 6) is -0.342. The van der Waals surface area contributed by atoms with Crippen LogP contribution in [0.1, 0.15) is 17.3 Å². The van der Waals surface area contributed by atoms with Crippen molar-refractivity contribution in [2.45, 2.75) is 13.0 Å². The first kappa shape index (κ1) is 21.6. The molecule has 3 rings (SSSR count). The number of hydrogen-bond donors (Lipinski definition) is 2. The molecule has 158 valence electrons. The molecule has 0 radical (unpaired) electrons. The first-order valence-corrected chi connectivity index (χ1v) is 9.68. The molecule has 0 saturated carbocycles. The summed E-state index contributed by atoms with van der Waals surface area (Å²) in [7, 11) is 0. The van der Waals surface area contributed by atoms with Crippen LogP contribution in [0.15, 0.2) is 84.9 Å². The highest BCUT2D eigenvalue weighted by molar-refractivity contribution is 5.97. The van der Waals surface area contributed by atoms with Crippen LogP contribution in [0.3, 0.4) is 0 Å². The van der Waals surface area contributed by atoms with Gasteiger partial charge in [-0.25, -0.2) is 0 Å². The van der Waals surface area contributed by atoms with Gasteiger partial charge in [0.1, 0.15) is 18.0 Å². The lowest BCUT2D eigenvalue weighted by Gasteiger charge is -2.14. The fourth-order valence-electron chi connectivity index (χ4n) is 2.61. The van der Waals surface area contributed by atoms with Crippen molar-refractivity contribution in [3.8, 4) is 11.5 Å². The Morgan fingerprint density at radius 2 is 1.39 bits per heavy atom. The van der Waals surface area contributed by atoms with Crippen LogP contribution in [0.4, 0.5) is 5.69 Å². The summed E-state index contributed by atoms with van der Waals surface area (Å²) in [6, 6.07) is 24.6. The minimum atomic E-state index is -1.00. The van der Waals surface area contributed by atoms with Crippen LogP contribution < -0.4 is 15.4 Å². The number of para-hydroxylation sites is 2. The van der Waals surface area contributed by atoms with Crippen LogP contribution in [0.5, 0.6) is 11.5 Å². The number of rotatable bonds is 8. The van der Waals surface area contributed by atoms with E-state index in [0.717, 1.165) is 0 Å². The van der Waals surface area contributed by atoms with E-state index in [0.29, 0.717) is 22.7 Å². The minimum absolute atomic E-state index is 0.357. The molecule has 0 fully saturated rings. The van der Waals surface area contributed by atoms with Gasteiger partial charge in [0.15, 0.2) is 6.10 Å². The molecule has 2 N–H and O–H groups in total. The number of nitrogens with one attached hydrogen (secondary N) is 2. The predicted octanol–water partition coefficient (Wildman–Crippen LogP) is 3.78. The van der Waals surface area contributed by atoms with Crippen molar-refractivity contribution in [1.29, 1.82) is 0 Å². The molecule has 7 nitrogen and oxygen atoms in total. The lowest BCUT2D eigenvalue weighted by Crippen LogP contribution is -2.35.